The van der Waals surface area contributed by atoms with Crippen molar-refractivity contribution in [3.05, 3.63) is 33.4 Å². The van der Waals surface area contributed by atoms with Gasteiger partial charge >= 0.3 is 11.7 Å². The quantitative estimate of drug-likeness (QED) is 0.635. The Labute approximate surface area is 139 Å². The third kappa shape index (κ3) is 2.11. The Bertz CT molecular complexity index is 728. The van der Waals surface area contributed by atoms with E-state index in [2.05, 4.69) is 0 Å². The summed E-state index contributed by atoms with van der Waals surface area (Å²) in [4.78, 5) is 22.1. The van der Waals surface area contributed by atoms with Gasteiger partial charge in [0.1, 0.15) is 5.60 Å². The predicted molar refractivity (Wildman–Crippen MR) is 85.3 cm³/mol. The number of nitro groups is 1. The topological polar surface area (TPSA) is 110 Å². The Hall–Kier alpha value is -2.15. The van der Waals surface area contributed by atoms with Crippen molar-refractivity contribution < 1.29 is 24.7 Å². The summed E-state index contributed by atoms with van der Waals surface area (Å²) < 4.78 is 6.17. The van der Waals surface area contributed by atoms with Crippen LogP contribution in [0.25, 0.3) is 0 Å². The summed E-state index contributed by atoms with van der Waals surface area (Å²) in [5.74, 6) is -0.993. The molecule has 1 fully saturated rings. The first-order valence-electron chi connectivity index (χ1n) is 8.02. The largest absolute Gasteiger partial charge is 0.479 e. The van der Waals surface area contributed by atoms with E-state index in [1.807, 2.05) is 20.8 Å². The average Bonchev–Trinajstić information content (AvgIpc) is 2.90. The van der Waals surface area contributed by atoms with Crippen molar-refractivity contribution in [2.75, 3.05) is 0 Å². The minimum absolute atomic E-state index is 0.0798. The highest BCUT2D eigenvalue weighted by Gasteiger charge is 2.60. The van der Waals surface area contributed by atoms with Crippen LogP contribution in [0.2, 0.25) is 0 Å². The number of carboxylic acids is 1. The number of carbonyl (C=O) groups is 1. The lowest BCUT2D eigenvalue weighted by Gasteiger charge is -2.53. The smallest absolute Gasteiger partial charge is 0.335 e. The summed E-state index contributed by atoms with van der Waals surface area (Å²) in [6, 6.07) is 2.49. The van der Waals surface area contributed by atoms with Gasteiger partial charge in [0.05, 0.1) is 16.6 Å². The number of nitro benzene ring substituents is 1. The molecule has 0 amide bonds. The number of hydrogen-bond acceptors (Lipinski definition) is 5. The van der Waals surface area contributed by atoms with Crippen molar-refractivity contribution in [3.63, 3.8) is 0 Å². The van der Waals surface area contributed by atoms with Crippen LogP contribution < -0.4 is 4.74 Å². The van der Waals surface area contributed by atoms with Crippen LogP contribution in [0.3, 0.4) is 0 Å². The van der Waals surface area contributed by atoms with E-state index in [1.165, 1.54) is 6.07 Å². The van der Waals surface area contributed by atoms with Crippen LogP contribution in [0.5, 0.6) is 5.75 Å². The minimum Gasteiger partial charge on any atom is -0.479 e. The fraction of sp³-hybridized carbons (Fsp3) is 0.588. The zero-order chi connectivity index (χ0) is 17.9. The number of benzene rings is 1. The van der Waals surface area contributed by atoms with Crippen LogP contribution in [0.15, 0.2) is 12.1 Å². The van der Waals surface area contributed by atoms with E-state index in [-0.39, 0.29) is 22.9 Å². The van der Waals surface area contributed by atoms with Crippen molar-refractivity contribution in [2.45, 2.75) is 51.7 Å². The molecular formula is C17H21NO6. The van der Waals surface area contributed by atoms with E-state index in [1.54, 1.807) is 0 Å². The average molecular weight is 335 g/mol. The zero-order valence-electron chi connectivity index (χ0n) is 13.9. The van der Waals surface area contributed by atoms with Gasteiger partial charge < -0.3 is 14.9 Å². The molecule has 0 saturated heterocycles. The van der Waals surface area contributed by atoms with Gasteiger partial charge in [0.25, 0.3) is 0 Å². The highest BCUT2D eigenvalue weighted by Crippen LogP contribution is 2.57. The van der Waals surface area contributed by atoms with Gasteiger partial charge in [0.2, 0.25) is 5.75 Å². The molecule has 2 N–H and O–H groups in total. The number of rotatable bonds is 2. The maximum Gasteiger partial charge on any atom is 0.335 e. The Morgan fingerprint density at radius 2 is 2.04 bits per heavy atom. The normalized spacial score (nSPS) is 30.7. The van der Waals surface area contributed by atoms with Crippen LogP contribution in [-0.2, 0) is 6.42 Å². The molecule has 24 heavy (non-hydrogen) atoms. The molecule has 3 atom stereocenters. The molecule has 1 aromatic rings. The first-order chi connectivity index (χ1) is 11.1. The van der Waals surface area contributed by atoms with E-state index >= 15 is 0 Å². The predicted octanol–water partition coefficient (Wildman–Crippen LogP) is 2.78. The molecule has 0 aromatic heterocycles. The first-order valence-corrected chi connectivity index (χ1v) is 8.02. The van der Waals surface area contributed by atoms with Gasteiger partial charge in [-0.05, 0) is 24.8 Å². The van der Waals surface area contributed by atoms with Crippen molar-refractivity contribution in [1.29, 1.82) is 0 Å². The second kappa shape index (κ2) is 5.17. The second-order valence-corrected chi connectivity index (χ2v) is 7.43. The molecule has 130 valence electrons. The van der Waals surface area contributed by atoms with Crippen molar-refractivity contribution in [1.82, 2.24) is 0 Å². The summed E-state index contributed by atoms with van der Waals surface area (Å²) in [6.45, 7) is 5.83. The number of aromatic carboxylic acids is 1. The molecule has 1 aliphatic heterocycles. The molecule has 0 bridgehead atoms. The minimum atomic E-state index is -1.21. The van der Waals surface area contributed by atoms with Crippen LogP contribution in [0.1, 0.15) is 49.5 Å². The van der Waals surface area contributed by atoms with Crippen molar-refractivity contribution >= 4 is 11.7 Å². The standard InChI is InChI=1S/C17H21NO6/c1-9-4-5-13(19)16(2,3)17(9)8-11-6-10(15(20)21)7-12(18(22)23)14(11)24-17/h6-7,9,13,19H,4-5,8H2,1-3H3,(H,20,21)/t9-,13+,17+/m1/s1. The number of hydrogen-bond donors (Lipinski definition) is 2. The lowest BCUT2D eigenvalue weighted by molar-refractivity contribution is -0.386. The first kappa shape index (κ1) is 16.7. The van der Waals surface area contributed by atoms with E-state index in [0.29, 0.717) is 18.4 Å². The molecular weight excluding hydrogens is 314 g/mol. The molecule has 1 aromatic carbocycles. The summed E-state index contributed by atoms with van der Waals surface area (Å²) in [5, 5.41) is 31.1. The van der Waals surface area contributed by atoms with Gasteiger partial charge in [-0.15, -0.1) is 0 Å². The number of fused-ring (bicyclic) bond motifs is 1. The summed E-state index contributed by atoms with van der Waals surface area (Å²) in [5.41, 5.74) is -1.32. The van der Waals surface area contributed by atoms with Crippen LogP contribution in [-0.4, -0.2) is 32.8 Å². The lowest BCUT2D eigenvalue weighted by atomic mass is 9.58. The van der Waals surface area contributed by atoms with E-state index in [0.717, 1.165) is 12.5 Å². The Balaban J connectivity index is 2.16. The van der Waals surface area contributed by atoms with Crippen LogP contribution in [0.4, 0.5) is 5.69 Å². The number of aliphatic hydroxyl groups excluding tert-OH is 1. The van der Waals surface area contributed by atoms with Gasteiger partial charge in [-0.2, -0.15) is 0 Å². The molecule has 0 unspecified atom stereocenters. The molecule has 1 heterocycles. The van der Waals surface area contributed by atoms with Crippen molar-refractivity contribution in [2.24, 2.45) is 11.3 Å². The van der Waals surface area contributed by atoms with Crippen molar-refractivity contribution in [3.8, 4) is 5.75 Å². The number of ether oxygens (including phenoxy) is 1. The highest BCUT2D eigenvalue weighted by atomic mass is 16.6. The summed E-state index contributed by atoms with van der Waals surface area (Å²) in [6.07, 6.45) is 1.17. The number of carboxylic acid groups (broad SMARTS) is 1. The molecule has 7 nitrogen and oxygen atoms in total. The third-order valence-corrected chi connectivity index (χ3v) is 5.92. The molecule has 2 aliphatic rings. The van der Waals surface area contributed by atoms with Crippen LogP contribution >= 0.6 is 0 Å². The third-order valence-electron chi connectivity index (χ3n) is 5.92. The molecule has 3 rings (SSSR count). The maximum absolute atomic E-state index is 11.4. The van der Waals surface area contributed by atoms with Gasteiger partial charge in [-0.1, -0.05) is 20.8 Å². The van der Waals surface area contributed by atoms with E-state index < -0.39 is 28.0 Å². The van der Waals surface area contributed by atoms with E-state index in [9.17, 15) is 25.1 Å². The Kier molecular flexibility index (Phi) is 3.60. The zero-order valence-corrected chi connectivity index (χ0v) is 13.9. The van der Waals surface area contributed by atoms with Crippen LogP contribution in [0, 0.1) is 21.4 Å². The van der Waals surface area contributed by atoms with Gasteiger partial charge in [0.15, 0.2) is 0 Å². The second-order valence-electron chi connectivity index (χ2n) is 7.43. The fourth-order valence-electron chi connectivity index (χ4n) is 4.23. The van der Waals surface area contributed by atoms with E-state index in [4.69, 9.17) is 4.74 Å². The fourth-order valence-corrected chi connectivity index (χ4v) is 4.23. The highest BCUT2D eigenvalue weighted by molar-refractivity contribution is 5.89. The number of aliphatic hydroxyl groups is 1. The maximum atomic E-state index is 11.4. The molecule has 0 radical (unpaired) electrons. The Morgan fingerprint density at radius 3 is 2.62 bits per heavy atom. The van der Waals surface area contributed by atoms with Gasteiger partial charge in [-0.3, -0.25) is 10.1 Å². The number of nitrogens with zero attached hydrogens (tertiary/aromatic N) is 1. The lowest BCUT2D eigenvalue weighted by Crippen LogP contribution is -2.61. The SMILES string of the molecule is C[C@@H]1CC[C@H](O)C(C)(C)[C@]12Cc1cc(C(=O)O)cc([N+](=O)[O-])c1O2. The molecule has 1 saturated carbocycles. The summed E-state index contributed by atoms with van der Waals surface area (Å²) >= 11 is 0. The Morgan fingerprint density at radius 1 is 1.38 bits per heavy atom. The molecule has 1 spiro atoms. The van der Waals surface area contributed by atoms with Gasteiger partial charge in [0, 0.05) is 23.5 Å². The molecule has 7 heteroatoms. The summed E-state index contributed by atoms with van der Waals surface area (Å²) in [7, 11) is 0. The monoisotopic (exact) mass is 335 g/mol. The van der Waals surface area contributed by atoms with Gasteiger partial charge in [-0.25, -0.2) is 4.79 Å². The molecule has 1 aliphatic carbocycles.